The minimum atomic E-state index is -0.882. The Balaban J connectivity index is 1.60. The van der Waals surface area contributed by atoms with Gasteiger partial charge in [-0.2, -0.15) is 0 Å². The highest BCUT2D eigenvalue weighted by atomic mass is 19.1. The van der Waals surface area contributed by atoms with Gasteiger partial charge < -0.3 is 10.6 Å². The predicted molar refractivity (Wildman–Crippen MR) is 102 cm³/mol. The summed E-state index contributed by atoms with van der Waals surface area (Å²) in [5.74, 6) is -2.58. The van der Waals surface area contributed by atoms with E-state index in [1.54, 1.807) is 0 Å². The van der Waals surface area contributed by atoms with Gasteiger partial charge in [-0.3, -0.25) is 14.6 Å². The largest absolute Gasteiger partial charge is 0.352 e. The van der Waals surface area contributed by atoms with Gasteiger partial charge in [0.1, 0.15) is 11.6 Å². The van der Waals surface area contributed by atoms with E-state index in [0.29, 0.717) is 12.6 Å². The van der Waals surface area contributed by atoms with Gasteiger partial charge >= 0.3 is 0 Å². The Morgan fingerprint density at radius 3 is 2.54 bits per heavy atom. The lowest BCUT2D eigenvalue weighted by atomic mass is 9.97. The average Bonchev–Trinajstić information content (AvgIpc) is 2.71. The standard InChI is InChI=1S/C21H21F2N3O2/c22-17-6-7-19(18(23)11-17)26-21(28)16-10-15(12-24-13-16)20(27)25-9-8-14-4-2-1-3-5-14/h4,6-7,10-13H,1-3,5,8-9H2,(H,25,27)(H,26,28). The third-order valence-electron chi connectivity index (χ3n) is 4.56. The highest BCUT2D eigenvalue weighted by Gasteiger charge is 2.14. The second-order valence-corrected chi connectivity index (χ2v) is 6.65. The molecule has 2 aromatic rings. The van der Waals surface area contributed by atoms with Crippen molar-refractivity contribution in [1.82, 2.24) is 10.3 Å². The maximum Gasteiger partial charge on any atom is 0.257 e. The number of allylic oxidation sites excluding steroid dienone is 1. The summed E-state index contributed by atoms with van der Waals surface area (Å²) in [4.78, 5) is 28.5. The summed E-state index contributed by atoms with van der Waals surface area (Å²) in [6, 6.07) is 4.24. The fourth-order valence-corrected chi connectivity index (χ4v) is 3.04. The summed E-state index contributed by atoms with van der Waals surface area (Å²) in [5, 5.41) is 5.17. The van der Waals surface area contributed by atoms with E-state index in [1.807, 2.05) is 0 Å². The van der Waals surface area contributed by atoms with Crippen LogP contribution in [-0.2, 0) is 0 Å². The van der Waals surface area contributed by atoms with Gasteiger partial charge in [0.05, 0.1) is 16.8 Å². The van der Waals surface area contributed by atoms with Gasteiger partial charge in [-0.1, -0.05) is 11.6 Å². The van der Waals surface area contributed by atoms with Crippen LogP contribution < -0.4 is 10.6 Å². The molecule has 28 heavy (non-hydrogen) atoms. The van der Waals surface area contributed by atoms with Crippen LogP contribution in [0.4, 0.5) is 14.5 Å². The molecule has 1 aliphatic carbocycles. The number of anilines is 1. The van der Waals surface area contributed by atoms with E-state index in [-0.39, 0.29) is 22.7 Å². The molecule has 1 aliphatic rings. The quantitative estimate of drug-likeness (QED) is 0.731. The minimum absolute atomic E-state index is 0.103. The molecule has 0 aliphatic heterocycles. The number of hydrogen-bond acceptors (Lipinski definition) is 3. The minimum Gasteiger partial charge on any atom is -0.352 e. The predicted octanol–water partition coefficient (Wildman–Crippen LogP) is 4.23. The summed E-state index contributed by atoms with van der Waals surface area (Å²) >= 11 is 0. The second-order valence-electron chi connectivity index (χ2n) is 6.65. The highest BCUT2D eigenvalue weighted by molar-refractivity contribution is 6.05. The molecule has 0 spiro atoms. The van der Waals surface area contributed by atoms with Crippen LogP contribution in [0.3, 0.4) is 0 Å². The lowest BCUT2D eigenvalue weighted by Crippen LogP contribution is -2.25. The van der Waals surface area contributed by atoms with Crippen LogP contribution >= 0.6 is 0 Å². The van der Waals surface area contributed by atoms with E-state index in [9.17, 15) is 18.4 Å². The second kappa shape index (κ2) is 9.21. The number of nitrogens with zero attached hydrogens (tertiary/aromatic N) is 1. The Bertz CT molecular complexity index is 912. The van der Waals surface area contributed by atoms with Gasteiger partial charge in [-0.15, -0.1) is 0 Å². The molecule has 5 nitrogen and oxygen atoms in total. The maximum atomic E-state index is 13.7. The fraction of sp³-hybridized carbons (Fsp3) is 0.286. The molecule has 1 aromatic carbocycles. The summed E-state index contributed by atoms with van der Waals surface area (Å²) in [7, 11) is 0. The van der Waals surface area contributed by atoms with Crippen molar-refractivity contribution in [3.63, 3.8) is 0 Å². The molecule has 1 aromatic heterocycles. The van der Waals surface area contributed by atoms with Crippen molar-refractivity contribution in [2.24, 2.45) is 0 Å². The van der Waals surface area contributed by atoms with Gasteiger partial charge in [-0.25, -0.2) is 8.78 Å². The first kappa shape index (κ1) is 19.7. The molecule has 2 N–H and O–H groups in total. The first-order valence-corrected chi connectivity index (χ1v) is 9.20. The van der Waals surface area contributed by atoms with Gasteiger partial charge in [0, 0.05) is 25.0 Å². The van der Waals surface area contributed by atoms with Crippen molar-refractivity contribution in [1.29, 1.82) is 0 Å². The van der Waals surface area contributed by atoms with Crippen LogP contribution in [0.5, 0.6) is 0 Å². The Hall–Kier alpha value is -3.09. The van der Waals surface area contributed by atoms with Crippen LogP contribution in [0.15, 0.2) is 48.3 Å². The van der Waals surface area contributed by atoms with Crippen LogP contribution in [0, 0.1) is 11.6 Å². The Morgan fingerprint density at radius 1 is 1.04 bits per heavy atom. The van der Waals surface area contributed by atoms with E-state index >= 15 is 0 Å². The topological polar surface area (TPSA) is 71.1 Å². The summed E-state index contributed by atoms with van der Waals surface area (Å²) in [5.41, 5.74) is 1.55. The van der Waals surface area contributed by atoms with Gasteiger partial charge in [0.15, 0.2) is 0 Å². The molecule has 7 heteroatoms. The zero-order chi connectivity index (χ0) is 19.9. The summed E-state index contributed by atoms with van der Waals surface area (Å²) in [6.07, 6.45) is 10.3. The molecule has 1 heterocycles. The molecule has 146 valence electrons. The van der Waals surface area contributed by atoms with E-state index in [4.69, 9.17) is 0 Å². The van der Waals surface area contributed by atoms with Crippen molar-refractivity contribution in [3.05, 3.63) is 71.1 Å². The average molecular weight is 385 g/mol. The van der Waals surface area contributed by atoms with Crippen molar-refractivity contribution >= 4 is 17.5 Å². The molecule has 2 amide bonds. The van der Waals surface area contributed by atoms with Crippen molar-refractivity contribution in [3.8, 4) is 0 Å². The molecule has 0 saturated heterocycles. The van der Waals surface area contributed by atoms with Crippen LogP contribution in [0.2, 0.25) is 0 Å². The zero-order valence-electron chi connectivity index (χ0n) is 15.3. The van der Waals surface area contributed by atoms with Crippen LogP contribution in [-0.4, -0.2) is 23.3 Å². The molecule has 0 unspecified atom stereocenters. The zero-order valence-corrected chi connectivity index (χ0v) is 15.3. The Labute approximate surface area is 161 Å². The molecular formula is C21H21F2N3O2. The number of carbonyl (C=O) groups is 2. The lowest BCUT2D eigenvalue weighted by Gasteiger charge is -2.13. The monoisotopic (exact) mass is 385 g/mol. The number of benzene rings is 1. The normalized spacial score (nSPS) is 13.6. The third kappa shape index (κ3) is 5.22. The van der Waals surface area contributed by atoms with Gasteiger partial charge in [0.25, 0.3) is 11.8 Å². The Kier molecular flexibility index (Phi) is 6.47. The summed E-state index contributed by atoms with van der Waals surface area (Å²) < 4.78 is 26.6. The van der Waals surface area contributed by atoms with Crippen LogP contribution in [0.1, 0.15) is 52.8 Å². The van der Waals surface area contributed by atoms with Crippen molar-refractivity contribution in [2.45, 2.75) is 32.1 Å². The number of carbonyl (C=O) groups excluding carboxylic acids is 2. The lowest BCUT2D eigenvalue weighted by molar-refractivity contribution is 0.0953. The molecule has 0 saturated carbocycles. The maximum absolute atomic E-state index is 13.7. The molecule has 3 rings (SSSR count). The van der Waals surface area contributed by atoms with Gasteiger partial charge in [-0.05, 0) is 50.3 Å². The first-order chi connectivity index (χ1) is 13.5. The third-order valence-corrected chi connectivity index (χ3v) is 4.56. The number of hydrogen-bond donors (Lipinski definition) is 2. The number of amides is 2. The molecule has 0 fully saturated rings. The number of pyridine rings is 1. The van der Waals surface area contributed by atoms with E-state index in [2.05, 4.69) is 21.7 Å². The smallest absolute Gasteiger partial charge is 0.257 e. The molecule has 0 atom stereocenters. The Morgan fingerprint density at radius 2 is 1.82 bits per heavy atom. The fourth-order valence-electron chi connectivity index (χ4n) is 3.04. The number of aromatic nitrogens is 1. The van der Waals surface area contributed by atoms with E-state index in [1.165, 1.54) is 36.9 Å². The molecule has 0 bridgehead atoms. The number of nitrogens with one attached hydrogen (secondary N) is 2. The van der Waals surface area contributed by atoms with E-state index < -0.39 is 17.5 Å². The van der Waals surface area contributed by atoms with Crippen molar-refractivity contribution < 1.29 is 18.4 Å². The number of rotatable bonds is 6. The molecule has 0 radical (unpaired) electrons. The van der Waals surface area contributed by atoms with Crippen molar-refractivity contribution in [2.75, 3.05) is 11.9 Å². The highest BCUT2D eigenvalue weighted by Crippen LogP contribution is 2.19. The SMILES string of the molecule is O=C(NCCC1=CCCCC1)c1cncc(C(=O)Nc2ccc(F)cc2F)c1. The summed E-state index contributed by atoms with van der Waals surface area (Å²) in [6.45, 7) is 0.516. The van der Waals surface area contributed by atoms with Gasteiger partial charge in [0.2, 0.25) is 0 Å². The first-order valence-electron chi connectivity index (χ1n) is 9.20. The van der Waals surface area contributed by atoms with E-state index in [0.717, 1.165) is 31.4 Å². The van der Waals surface area contributed by atoms with Crippen LogP contribution in [0.25, 0.3) is 0 Å². The molecular weight excluding hydrogens is 364 g/mol. The number of halogens is 2.